The maximum Gasteiger partial charge on any atom is 0.217 e. The predicted molar refractivity (Wildman–Crippen MR) is 92.8 cm³/mol. The Morgan fingerprint density at radius 3 is 2.17 bits per heavy atom. The third kappa shape index (κ3) is 5.41. The number of aliphatic hydroxyl groups excluding tert-OH is 6. The zero-order valence-corrected chi connectivity index (χ0v) is 15.7. The van der Waals surface area contributed by atoms with Gasteiger partial charge in [0.05, 0.1) is 13.2 Å². The number of rotatable bonds is 7. The van der Waals surface area contributed by atoms with Crippen molar-refractivity contribution < 1.29 is 54.4 Å². The molecule has 7 N–H and O–H groups in total. The van der Waals surface area contributed by atoms with Crippen molar-refractivity contribution in [3.8, 4) is 12.3 Å². The Bertz CT molecular complexity index is 582. The van der Waals surface area contributed by atoms with Gasteiger partial charge in [-0.05, 0) is 0 Å². The summed E-state index contributed by atoms with van der Waals surface area (Å²) in [6.45, 7) is -0.295. The zero-order chi connectivity index (χ0) is 21.7. The summed E-state index contributed by atoms with van der Waals surface area (Å²) in [5.41, 5.74) is 0. The van der Waals surface area contributed by atoms with E-state index in [0.29, 0.717) is 0 Å². The van der Waals surface area contributed by atoms with Gasteiger partial charge in [-0.3, -0.25) is 4.79 Å². The predicted octanol–water partition coefficient (Wildman–Crippen LogP) is -4.60. The minimum atomic E-state index is -1.73. The van der Waals surface area contributed by atoms with E-state index in [1.165, 1.54) is 6.92 Å². The number of aliphatic hydroxyl groups is 6. The number of hydrogen-bond donors (Lipinski definition) is 7. The largest absolute Gasteiger partial charge is 0.394 e. The summed E-state index contributed by atoms with van der Waals surface area (Å²) in [5, 5.41) is 62.0. The molecule has 0 aliphatic carbocycles. The summed E-state index contributed by atoms with van der Waals surface area (Å²) >= 11 is 0. The van der Waals surface area contributed by atoms with Crippen LogP contribution in [0.5, 0.6) is 0 Å². The fourth-order valence-corrected chi connectivity index (χ4v) is 3.23. The van der Waals surface area contributed by atoms with Crippen LogP contribution in [0.2, 0.25) is 0 Å². The molecule has 0 aromatic carbocycles. The molecule has 2 aliphatic rings. The highest BCUT2D eigenvalue weighted by atomic mass is 16.7. The molecule has 2 heterocycles. The maximum absolute atomic E-state index is 11.5. The lowest BCUT2D eigenvalue weighted by molar-refractivity contribution is -0.347. The molecule has 166 valence electrons. The molecule has 0 spiro atoms. The number of terminal acetylenes is 1. The van der Waals surface area contributed by atoms with Crippen molar-refractivity contribution in [2.24, 2.45) is 0 Å². The van der Waals surface area contributed by atoms with Gasteiger partial charge in [0.15, 0.2) is 12.6 Å². The highest BCUT2D eigenvalue weighted by Gasteiger charge is 2.51. The molecule has 0 aromatic heterocycles. The monoisotopic (exact) mass is 421 g/mol. The highest BCUT2D eigenvalue weighted by Crippen LogP contribution is 2.29. The van der Waals surface area contributed by atoms with Gasteiger partial charge in [-0.2, -0.15) is 0 Å². The molecule has 10 atom stereocenters. The Hall–Kier alpha value is -1.37. The topological polar surface area (TPSA) is 187 Å². The van der Waals surface area contributed by atoms with Gasteiger partial charge in [0.2, 0.25) is 5.91 Å². The summed E-state index contributed by atoms with van der Waals surface area (Å²) < 4.78 is 21.6. The van der Waals surface area contributed by atoms with Gasteiger partial charge in [0.1, 0.15) is 55.4 Å². The van der Waals surface area contributed by atoms with Gasteiger partial charge in [-0.15, -0.1) is 6.42 Å². The lowest BCUT2D eigenvalue weighted by atomic mass is 9.95. The molecule has 2 rings (SSSR count). The highest BCUT2D eigenvalue weighted by molar-refractivity contribution is 5.73. The van der Waals surface area contributed by atoms with Crippen LogP contribution in [0.25, 0.3) is 0 Å². The van der Waals surface area contributed by atoms with Crippen LogP contribution >= 0.6 is 0 Å². The number of amides is 1. The van der Waals surface area contributed by atoms with Gasteiger partial charge in [0.25, 0.3) is 0 Å². The van der Waals surface area contributed by atoms with Crippen molar-refractivity contribution in [1.82, 2.24) is 5.32 Å². The first-order valence-electron chi connectivity index (χ1n) is 8.97. The molecule has 2 aliphatic heterocycles. The van der Waals surface area contributed by atoms with Crippen LogP contribution in [-0.4, -0.2) is 118 Å². The number of hydrogen-bond acceptors (Lipinski definition) is 11. The van der Waals surface area contributed by atoms with Crippen LogP contribution in [0.1, 0.15) is 6.92 Å². The molecule has 6 unspecified atom stereocenters. The lowest BCUT2D eigenvalue weighted by Crippen LogP contribution is -2.67. The molecule has 29 heavy (non-hydrogen) atoms. The molecule has 0 aromatic rings. The minimum Gasteiger partial charge on any atom is -0.394 e. The Morgan fingerprint density at radius 2 is 1.62 bits per heavy atom. The minimum absolute atomic E-state index is 0.191. The Kier molecular flexibility index (Phi) is 8.73. The van der Waals surface area contributed by atoms with Gasteiger partial charge in [-0.25, -0.2) is 0 Å². The maximum atomic E-state index is 11.5. The van der Waals surface area contributed by atoms with E-state index in [-0.39, 0.29) is 6.61 Å². The van der Waals surface area contributed by atoms with E-state index in [0.717, 1.165) is 0 Å². The smallest absolute Gasteiger partial charge is 0.217 e. The van der Waals surface area contributed by atoms with E-state index in [9.17, 15) is 35.4 Å². The first-order chi connectivity index (χ1) is 13.7. The van der Waals surface area contributed by atoms with Gasteiger partial charge >= 0.3 is 0 Å². The van der Waals surface area contributed by atoms with Gasteiger partial charge in [-0.1, -0.05) is 5.92 Å². The van der Waals surface area contributed by atoms with E-state index in [2.05, 4.69) is 11.2 Å². The zero-order valence-electron chi connectivity index (χ0n) is 15.7. The van der Waals surface area contributed by atoms with E-state index in [1.807, 2.05) is 0 Å². The molecule has 0 radical (unpaired) electrons. The van der Waals surface area contributed by atoms with E-state index >= 15 is 0 Å². The lowest BCUT2D eigenvalue weighted by Gasteiger charge is -2.47. The Balaban J connectivity index is 2.21. The molecule has 2 saturated heterocycles. The van der Waals surface area contributed by atoms with Crippen LogP contribution in [0, 0.1) is 12.3 Å². The SMILES string of the molecule is C#CCO[C@@H]1OC(CO)[C@@H](O[C@@H]2OC(CO)[C@H](O)C(O)C2O)C(O)C1NC(C)=O. The summed E-state index contributed by atoms with van der Waals surface area (Å²) in [6, 6.07) is -1.14. The quantitative estimate of drug-likeness (QED) is 0.196. The Morgan fingerprint density at radius 1 is 1.00 bits per heavy atom. The molecule has 0 bridgehead atoms. The van der Waals surface area contributed by atoms with Crippen molar-refractivity contribution in [3.05, 3.63) is 0 Å². The second-order valence-electron chi connectivity index (χ2n) is 6.76. The van der Waals surface area contributed by atoms with Gasteiger partial charge in [0, 0.05) is 6.92 Å². The number of carbonyl (C=O) groups is 1. The average molecular weight is 421 g/mol. The molecule has 12 heteroatoms. The van der Waals surface area contributed by atoms with Crippen molar-refractivity contribution >= 4 is 5.91 Å². The van der Waals surface area contributed by atoms with Crippen LogP contribution in [0.3, 0.4) is 0 Å². The van der Waals surface area contributed by atoms with Crippen molar-refractivity contribution in [2.45, 2.75) is 68.3 Å². The summed E-state index contributed by atoms with van der Waals surface area (Å²) in [6.07, 6.45) is -7.90. The second-order valence-corrected chi connectivity index (χ2v) is 6.76. The first kappa shape index (κ1) is 23.9. The molecular formula is C17H27NO11. The third-order valence-electron chi connectivity index (χ3n) is 4.69. The number of nitrogens with one attached hydrogen (secondary N) is 1. The van der Waals surface area contributed by atoms with Crippen LogP contribution in [-0.2, 0) is 23.7 Å². The van der Waals surface area contributed by atoms with Crippen LogP contribution in [0.4, 0.5) is 0 Å². The normalized spacial score (nSPS) is 42.8. The van der Waals surface area contributed by atoms with E-state index in [1.54, 1.807) is 0 Å². The van der Waals surface area contributed by atoms with Crippen molar-refractivity contribution in [2.75, 3.05) is 19.8 Å². The third-order valence-corrected chi connectivity index (χ3v) is 4.69. The van der Waals surface area contributed by atoms with Crippen molar-refractivity contribution in [3.63, 3.8) is 0 Å². The fraction of sp³-hybridized carbons (Fsp3) is 0.824. The number of ether oxygens (including phenoxy) is 4. The molecule has 2 fully saturated rings. The summed E-state index contributed by atoms with van der Waals surface area (Å²) in [7, 11) is 0. The summed E-state index contributed by atoms with van der Waals surface area (Å²) in [4.78, 5) is 11.5. The Labute approximate surface area is 166 Å². The van der Waals surface area contributed by atoms with E-state index < -0.39 is 80.5 Å². The second kappa shape index (κ2) is 10.6. The van der Waals surface area contributed by atoms with Gasteiger partial charge < -0.3 is 54.9 Å². The summed E-state index contributed by atoms with van der Waals surface area (Å²) in [5.74, 6) is 1.71. The number of carbonyl (C=O) groups excluding carboxylic acids is 1. The standard InChI is InChI=1S/C17H27NO11/c1-3-4-26-16-10(18-7(2)21)12(23)15(9(6-20)28-16)29-17-14(25)13(24)11(22)8(5-19)27-17/h1,8-17,19-20,22-25H,4-6H2,2H3,(H,18,21)/t8?,9?,10?,11-,12?,13?,14?,15+,16+,17-/m0/s1. The molecule has 1 amide bonds. The van der Waals surface area contributed by atoms with Crippen molar-refractivity contribution in [1.29, 1.82) is 0 Å². The van der Waals surface area contributed by atoms with E-state index in [4.69, 9.17) is 25.4 Å². The molecule has 12 nitrogen and oxygen atoms in total. The van der Waals surface area contributed by atoms with Crippen LogP contribution in [0.15, 0.2) is 0 Å². The molecular weight excluding hydrogens is 394 g/mol. The molecule has 0 saturated carbocycles. The average Bonchev–Trinajstić information content (AvgIpc) is 2.69. The van der Waals surface area contributed by atoms with Crippen LogP contribution < -0.4 is 5.32 Å². The fourth-order valence-electron chi connectivity index (χ4n) is 3.23. The first-order valence-corrected chi connectivity index (χ1v) is 8.97.